The van der Waals surface area contributed by atoms with E-state index < -0.39 is 0 Å². The lowest BCUT2D eigenvalue weighted by Crippen LogP contribution is -2.40. The van der Waals surface area contributed by atoms with E-state index in [1.165, 1.54) is 4.90 Å². The number of anilines is 1. The highest BCUT2D eigenvalue weighted by atomic mass is 16.5. The summed E-state index contributed by atoms with van der Waals surface area (Å²) in [6.07, 6.45) is 0.782. The Morgan fingerprint density at radius 2 is 1.94 bits per heavy atom. The fraction of sp³-hybridized carbons (Fsp3) is 0.391. The van der Waals surface area contributed by atoms with Crippen LogP contribution < -0.4 is 15.0 Å². The molecule has 31 heavy (non-hydrogen) atoms. The van der Waals surface area contributed by atoms with Gasteiger partial charge in [-0.15, -0.1) is 0 Å². The molecule has 0 saturated carbocycles. The van der Waals surface area contributed by atoms with Crippen molar-refractivity contribution in [3.8, 4) is 5.75 Å². The van der Waals surface area contributed by atoms with Gasteiger partial charge in [-0.05, 0) is 50.5 Å². The fourth-order valence-electron chi connectivity index (χ4n) is 3.92. The number of methoxy groups -OCH3 is 1. The maximum Gasteiger partial charge on any atom is 0.239 e. The molecule has 0 aliphatic carbocycles. The standard InChI is InChI=1S/C23H29N5O3/c1-14-19(15(2)25-23-22(14)16(3)26-27(23)5)10-11-21(30)28(13-20(29)24-4)17-8-7-9-18(12-17)31-6/h7-9,12H,10-11,13H2,1-6H3,(H,24,29). The molecule has 0 aliphatic heterocycles. The first-order valence-corrected chi connectivity index (χ1v) is 10.2. The Bertz CT molecular complexity index is 1140. The van der Waals surface area contributed by atoms with Crippen LogP contribution in [0.5, 0.6) is 5.75 Å². The van der Waals surface area contributed by atoms with E-state index in [-0.39, 0.29) is 24.8 Å². The molecule has 8 nitrogen and oxygen atoms in total. The number of hydrogen-bond donors (Lipinski definition) is 1. The smallest absolute Gasteiger partial charge is 0.239 e. The summed E-state index contributed by atoms with van der Waals surface area (Å²) in [7, 11) is 5.01. The number of nitrogens with one attached hydrogen (secondary N) is 1. The van der Waals surface area contributed by atoms with E-state index >= 15 is 0 Å². The minimum Gasteiger partial charge on any atom is -0.497 e. The number of carbonyl (C=O) groups excluding carboxylic acids is 2. The highest BCUT2D eigenvalue weighted by molar-refractivity contribution is 5.99. The Kier molecular flexibility index (Phi) is 6.58. The van der Waals surface area contributed by atoms with Crippen molar-refractivity contribution in [1.82, 2.24) is 20.1 Å². The van der Waals surface area contributed by atoms with Crippen LogP contribution in [-0.4, -0.2) is 47.3 Å². The SMILES string of the molecule is CNC(=O)CN(C(=O)CCc1c(C)nc2c(c(C)nn2C)c1C)c1cccc(OC)c1. The molecule has 0 spiro atoms. The number of aryl methyl sites for hydroxylation is 4. The van der Waals surface area contributed by atoms with Crippen LogP contribution in [0.4, 0.5) is 5.69 Å². The Morgan fingerprint density at radius 3 is 2.61 bits per heavy atom. The number of amides is 2. The summed E-state index contributed by atoms with van der Waals surface area (Å²) in [4.78, 5) is 31.5. The van der Waals surface area contributed by atoms with E-state index in [2.05, 4.69) is 17.3 Å². The van der Waals surface area contributed by atoms with Crippen molar-refractivity contribution in [2.75, 3.05) is 25.6 Å². The van der Waals surface area contributed by atoms with Gasteiger partial charge in [0.2, 0.25) is 11.8 Å². The van der Waals surface area contributed by atoms with Gasteiger partial charge in [0.05, 0.1) is 12.8 Å². The number of hydrogen-bond acceptors (Lipinski definition) is 5. The van der Waals surface area contributed by atoms with Crippen LogP contribution in [0, 0.1) is 20.8 Å². The van der Waals surface area contributed by atoms with Crippen LogP contribution in [0.15, 0.2) is 24.3 Å². The number of pyridine rings is 1. The number of benzene rings is 1. The van der Waals surface area contributed by atoms with Gasteiger partial charge in [0.25, 0.3) is 0 Å². The molecule has 0 bridgehead atoms. The second kappa shape index (κ2) is 9.16. The molecular weight excluding hydrogens is 394 g/mol. The van der Waals surface area contributed by atoms with E-state index in [1.54, 1.807) is 43.1 Å². The molecule has 2 amide bonds. The van der Waals surface area contributed by atoms with Crippen molar-refractivity contribution in [2.24, 2.45) is 7.05 Å². The Labute approximate surface area is 182 Å². The van der Waals surface area contributed by atoms with E-state index in [0.29, 0.717) is 17.9 Å². The predicted molar refractivity (Wildman–Crippen MR) is 120 cm³/mol. The van der Waals surface area contributed by atoms with Gasteiger partial charge in [-0.3, -0.25) is 14.3 Å². The van der Waals surface area contributed by atoms with Crippen LogP contribution in [0.3, 0.4) is 0 Å². The van der Waals surface area contributed by atoms with Crippen LogP contribution >= 0.6 is 0 Å². The number of carbonyl (C=O) groups is 2. The lowest BCUT2D eigenvalue weighted by molar-refractivity contribution is -0.123. The van der Waals surface area contributed by atoms with Gasteiger partial charge in [0.1, 0.15) is 12.3 Å². The summed E-state index contributed by atoms with van der Waals surface area (Å²) < 4.78 is 7.06. The minimum atomic E-state index is -0.238. The zero-order valence-corrected chi connectivity index (χ0v) is 18.9. The largest absolute Gasteiger partial charge is 0.497 e. The first kappa shape index (κ1) is 22.3. The van der Waals surface area contributed by atoms with Gasteiger partial charge in [0, 0.05) is 43.4 Å². The monoisotopic (exact) mass is 423 g/mol. The number of nitrogens with zero attached hydrogens (tertiary/aromatic N) is 4. The molecule has 2 aromatic heterocycles. The summed E-state index contributed by atoms with van der Waals surface area (Å²) in [6.45, 7) is 5.92. The van der Waals surface area contributed by atoms with Gasteiger partial charge >= 0.3 is 0 Å². The van der Waals surface area contributed by atoms with Gasteiger partial charge in [-0.25, -0.2) is 4.98 Å². The summed E-state index contributed by atoms with van der Waals surface area (Å²) in [5, 5.41) is 8.10. The lowest BCUT2D eigenvalue weighted by Gasteiger charge is -2.23. The van der Waals surface area contributed by atoms with E-state index in [0.717, 1.165) is 33.5 Å². The van der Waals surface area contributed by atoms with Crippen LogP contribution in [0.25, 0.3) is 11.0 Å². The molecule has 8 heteroatoms. The molecule has 164 valence electrons. The highest BCUT2D eigenvalue weighted by Crippen LogP contribution is 2.27. The molecule has 0 saturated heterocycles. The molecule has 0 fully saturated rings. The van der Waals surface area contributed by atoms with Crippen molar-refractivity contribution < 1.29 is 14.3 Å². The third-order valence-corrected chi connectivity index (χ3v) is 5.57. The number of likely N-dealkylation sites (N-methyl/N-ethyl adjacent to an activating group) is 1. The van der Waals surface area contributed by atoms with E-state index in [4.69, 9.17) is 9.72 Å². The summed E-state index contributed by atoms with van der Waals surface area (Å²) in [5.74, 6) is 0.247. The van der Waals surface area contributed by atoms with Crippen LogP contribution in [0.1, 0.15) is 28.9 Å². The maximum atomic E-state index is 13.2. The molecule has 1 aromatic carbocycles. The first-order chi connectivity index (χ1) is 14.8. The Morgan fingerprint density at radius 1 is 1.19 bits per heavy atom. The summed E-state index contributed by atoms with van der Waals surface area (Å²) >= 11 is 0. The second-order valence-electron chi connectivity index (χ2n) is 7.56. The normalized spacial score (nSPS) is 10.9. The number of aromatic nitrogens is 3. The molecular formula is C23H29N5O3. The van der Waals surface area contributed by atoms with Crippen molar-refractivity contribution in [3.05, 3.63) is 46.8 Å². The molecule has 0 aliphatic rings. The molecule has 0 unspecified atom stereocenters. The molecule has 0 radical (unpaired) electrons. The highest BCUT2D eigenvalue weighted by Gasteiger charge is 2.21. The van der Waals surface area contributed by atoms with Crippen molar-refractivity contribution >= 4 is 28.5 Å². The molecule has 2 heterocycles. The van der Waals surface area contributed by atoms with Gasteiger partial charge < -0.3 is 15.0 Å². The molecule has 0 atom stereocenters. The van der Waals surface area contributed by atoms with Gasteiger partial charge in [-0.1, -0.05) is 6.07 Å². The Hall–Kier alpha value is -3.42. The van der Waals surface area contributed by atoms with E-state index in [1.807, 2.05) is 20.9 Å². The third-order valence-electron chi connectivity index (χ3n) is 5.57. The zero-order chi connectivity index (χ0) is 22.7. The van der Waals surface area contributed by atoms with Gasteiger partial charge in [-0.2, -0.15) is 5.10 Å². The quantitative estimate of drug-likeness (QED) is 0.631. The maximum absolute atomic E-state index is 13.2. The third kappa shape index (κ3) is 4.52. The number of fused-ring (bicyclic) bond motifs is 1. The number of rotatable bonds is 7. The fourth-order valence-corrected chi connectivity index (χ4v) is 3.92. The molecule has 3 rings (SSSR count). The van der Waals surface area contributed by atoms with Crippen molar-refractivity contribution in [1.29, 1.82) is 0 Å². The van der Waals surface area contributed by atoms with Crippen molar-refractivity contribution in [3.63, 3.8) is 0 Å². The van der Waals surface area contributed by atoms with Crippen molar-refractivity contribution in [2.45, 2.75) is 33.6 Å². The Balaban J connectivity index is 1.88. The molecule has 1 N–H and O–H groups in total. The summed E-state index contributed by atoms with van der Waals surface area (Å²) in [6, 6.07) is 7.15. The van der Waals surface area contributed by atoms with E-state index in [9.17, 15) is 9.59 Å². The zero-order valence-electron chi connectivity index (χ0n) is 18.9. The average molecular weight is 424 g/mol. The average Bonchev–Trinajstić information content (AvgIpc) is 3.04. The minimum absolute atomic E-state index is 0.0561. The van der Waals surface area contributed by atoms with Gasteiger partial charge in [0.15, 0.2) is 5.65 Å². The number of ether oxygens (including phenoxy) is 1. The second-order valence-corrected chi connectivity index (χ2v) is 7.56. The predicted octanol–water partition coefficient (Wildman–Crippen LogP) is 2.61. The summed E-state index contributed by atoms with van der Waals surface area (Å²) in [5.41, 5.74) is 5.42. The lowest BCUT2D eigenvalue weighted by atomic mass is 9.99. The van der Waals surface area contributed by atoms with Crippen LogP contribution in [0.2, 0.25) is 0 Å². The molecule has 3 aromatic rings. The first-order valence-electron chi connectivity index (χ1n) is 10.2. The van der Waals surface area contributed by atoms with Crippen LogP contribution in [-0.2, 0) is 23.1 Å². The topological polar surface area (TPSA) is 89.4 Å².